The second-order valence-electron chi connectivity index (χ2n) is 7.21. The number of H-pyrrole nitrogens is 1. The van der Waals surface area contributed by atoms with E-state index in [-0.39, 0.29) is 11.2 Å². The summed E-state index contributed by atoms with van der Waals surface area (Å²) in [6, 6.07) is 4.15. The molecule has 3 heterocycles. The predicted molar refractivity (Wildman–Crippen MR) is 111 cm³/mol. The Labute approximate surface area is 161 Å². The highest BCUT2D eigenvalue weighted by Crippen LogP contribution is 2.37. The van der Waals surface area contributed by atoms with Gasteiger partial charge < -0.3 is 9.31 Å². The van der Waals surface area contributed by atoms with Crippen LogP contribution in [0.15, 0.2) is 30.7 Å². The Bertz CT molecular complexity index is 923. The van der Waals surface area contributed by atoms with E-state index in [0.717, 1.165) is 27.5 Å². The van der Waals surface area contributed by atoms with E-state index in [1.54, 1.807) is 0 Å². The van der Waals surface area contributed by atoms with Crippen LogP contribution in [-0.4, -0.2) is 38.1 Å². The molecule has 2 aromatic heterocycles. The molecule has 0 amide bonds. The van der Waals surface area contributed by atoms with Gasteiger partial charge in [-0.2, -0.15) is 10.2 Å². The number of rotatable bonds is 3. The average Bonchev–Trinajstić information content (AvgIpc) is 3.25. The molecule has 130 valence electrons. The molecule has 9 heteroatoms. The molecule has 1 aliphatic rings. The standard InChI is InChI=1S/C16H19BIN4O2P/c1-15(2)16(3,4)24-17(23-15)13-6-5-11(12-8-19-21-14(12)13)10-7-20-22(9-10)25-18/h5-9,25H,1-4H3,(H,19,21). The quantitative estimate of drug-likeness (QED) is 0.363. The smallest absolute Gasteiger partial charge is 0.399 e. The lowest BCUT2D eigenvalue weighted by Gasteiger charge is -2.32. The van der Waals surface area contributed by atoms with Crippen LogP contribution in [-0.2, 0) is 9.31 Å². The van der Waals surface area contributed by atoms with Crippen molar-refractivity contribution in [3.8, 4) is 11.1 Å². The van der Waals surface area contributed by atoms with Crippen LogP contribution in [0.4, 0.5) is 0 Å². The first-order valence-corrected chi connectivity index (χ1v) is 12.1. The van der Waals surface area contributed by atoms with Crippen molar-refractivity contribution >= 4 is 51.9 Å². The Hall–Kier alpha value is -0.955. The van der Waals surface area contributed by atoms with Crippen LogP contribution < -0.4 is 5.46 Å². The molecule has 1 aromatic carbocycles. The average molecular weight is 468 g/mol. The van der Waals surface area contributed by atoms with Crippen LogP contribution in [0.2, 0.25) is 0 Å². The van der Waals surface area contributed by atoms with Gasteiger partial charge in [0, 0.05) is 22.6 Å². The third-order valence-corrected chi connectivity index (χ3v) is 7.04. The van der Waals surface area contributed by atoms with E-state index in [2.05, 4.69) is 83.4 Å². The van der Waals surface area contributed by atoms with Gasteiger partial charge in [-0.1, -0.05) is 12.1 Å². The van der Waals surface area contributed by atoms with Crippen LogP contribution in [0.5, 0.6) is 0 Å². The first-order valence-electron chi connectivity index (χ1n) is 8.06. The summed E-state index contributed by atoms with van der Waals surface area (Å²) < 4.78 is 14.4. The fourth-order valence-electron chi connectivity index (χ4n) is 2.98. The zero-order valence-electron chi connectivity index (χ0n) is 14.5. The van der Waals surface area contributed by atoms with Crippen molar-refractivity contribution in [3.63, 3.8) is 0 Å². The number of aromatic nitrogens is 4. The number of hydrogen-bond acceptors (Lipinski definition) is 4. The fraction of sp³-hybridized carbons (Fsp3) is 0.375. The van der Waals surface area contributed by atoms with Crippen molar-refractivity contribution in [3.05, 3.63) is 30.7 Å². The zero-order valence-corrected chi connectivity index (χ0v) is 17.7. The molecule has 1 N–H and O–H groups in total. The van der Waals surface area contributed by atoms with E-state index in [1.165, 1.54) is 0 Å². The molecule has 0 aliphatic carbocycles. The van der Waals surface area contributed by atoms with Crippen molar-refractivity contribution in [1.82, 2.24) is 19.7 Å². The maximum absolute atomic E-state index is 6.21. The number of nitrogens with one attached hydrogen (secondary N) is 1. The van der Waals surface area contributed by atoms with Gasteiger partial charge in [-0.3, -0.25) is 5.10 Å². The Morgan fingerprint density at radius 1 is 1.16 bits per heavy atom. The molecule has 1 atom stereocenters. The summed E-state index contributed by atoms with van der Waals surface area (Å²) in [5.74, 6) is 0. The third-order valence-electron chi connectivity index (χ3n) is 5.14. The second-order valence-corrected chi connectivity index (χ2v) is 9.28. The van der Waals surface area contributed by atoms with Gasteiger partial charge in [0.1, 0.15) is 0 Å². The lowest BCUT2D eigenvalue weighted by molar-refractivity contribution is 0.00578. The molecular formula is C16H19BIN4O2P. The van der Waals surface area contributed by atoms with E-state index in [1.807, 2.05) is 16.8 Å². The fourth-order valence-corrected chi connectivity index (χ4v) is 4.06. The van der Waals surface area contributed by atoms with E-state index < -0.39 is 7.12 Å². The highest BCUT2D eigenvalue weighted by molar-refractivity contribution is 14.2. The van der Waals surface area contributed by atoms with E-state index in [4.69, 9.17) is 9.31 Å². The highest BCUT2D eigenvalue weighted by Gasteiger charge is 2.52. The number of fused-ring (bicyclic) bond motifs is 1. The third kappa shape index (κ3) is 2.83. The molecule has 6 nitrogen and oxygen atoms in total. The molecule has 0 radical (unpaired) electrons. The van der Waals surface area contributed by atoms with Crippen molar-refractivity contribution in [2.24, 2.45) is 0 Å². The molecule has 0 spiro atoms. The molecule has 1 fully saturated rings. The van der Waals surface area contributed by atoms with Crippen LogP contribution in [0.1, 0.15) is 27.7 Å². The minimum atomic E-state index is -0.416. The van der Waals surface area contributed by atoms with Crippen LogP contribution >= 0.6 is 28.4 Å². The molecule has 1 aliphatic heterocycles. The first-order chi connectivity index (χ1) is 11.8. The Morgan fingerprint density at radius 2 is 1.88 bits per heavy atom. The Balaban J connectivity index is 1.79. The summed E-state index contributed by atoms with van der Waals surface area (Å²) in [4.78, 5) is 0. The molecular weight excluding hydrogens is 449 g/mol. The van der Waals surface area contributed by atoms with E-state index >= 15 is 0 Å². The Morgan fingerprint density at radius 3 is 2.52 bits per heavy atom. The molecule has 1 unspecified atom stereocenters. The normalized spacial score (nSPS) is 19.5. The summed E-state index contributed by atoms with van der Waals surface area (Å²) in [7, 11) is -0.416. The number of aromatic amines is 1. The van der Waals surface area contributed by atoms with Gasteiger partial charge >= 0.3 is 7.12 Å². The lowest BCUT2D eigenvalue weighted by Crippen LogP contribution is -2.41. The van der Waals surface area contributed by atoms with Crippen LogP contribution in [0.3, 0.4) is 0 Å². The number of halogens is 1. The zero-order chi connectivity index (χ0) is 17.8. The largest absolute Gasteiger partial charge is 0.497 e. The van der Waals surface area contributed by atoms with Gasteiger partial charge in [0.2, 0.25) is 0 Å². The van der Waals surface area contributed by atoms with Gasteiger partial charge in [-0.15, -0.1) is 0 Å². The summed E-state index contributed by atoms with van der Waals surface area (Å²) in [6.45, 7) is 8.24. The summed E-state index contributed by atoms with van der Waals surface area (Å²) >= 11 is 2.32. The van der Waals surface area contributed by atoms with Gasteiger partial charge in [0.15, 0.2) is 0 Å². The molecule has 3 aromatic rings. The summed E-state index contributed by atoms with van der Waals surface area (Å²) in [5, 5.41) is 12.8. The first kappa shape index (κ1) is 17.5. The van der Waals surface area contributed by atoms with Crippen molar-refractivity contribution in [1.29, 1.82) is 0 Å². The van der Waals surface area contributed by atoms with Gasteiger partial charge in [-0.05, 0) is 55.3 Å². The van der Waals surface area contributed by atoms with E-state index in [0.29, 0.717) is 6.37 Å². The molecule has 25 heavy (non-hydrogen) atoms. The molecule has 0 saturated carbocycles. The monoisotopic (exact) mass is 468 g/mol. The topological polar surface area (TPSA) is 65.0 Å². The van der Waals surface area contributed by atoms with Gasteiger partial charge in [-0.25, -0.2) is 4.45 Å². The van der Waals surface area contributed by atoms with Crippen molar-refractivity contribution in [2.45, 2.75) is 38.9 Å². The van der Waals surface area contributed by atoms with Crippen molar-refractivity contribution in [2.75, 3.05) is 0 Å². The molecule has 0 bridgehead atoms. The van der Waals surface area contributed by atoms with Crippen molar-refractivity contribution < 1.29 is 9.31 Å². The maximum Gasteiger partial charge on any atom is 0.497 e. The van der Waals surface area contributed by atoms with Crippen LogP contribution in [0.25, 0.3) is 22.0 Å². The van der Waals surface area contributed by atoms with E-state index in [9.17, 15) is 0 Å². The van der Waals surface area contributed by atoms with Crippen LogP contribution in [0, 0.1) is 0 Å². The Kier molecular flexibility index (Phi) is 4.22. The lowest BCUT2D eigenvalue weighted by atomic mass is 9.77. The number of hydrogen-bond donors (Lipinski definition) is 1. The minimum Gasteiger partial charge on any atom is -0.399 e. The minimum absolute atomic E-state index is 0.370. The predicted octanol–water partition coefficient (Wildman–Crippen LogP) is 3.52. The SMILES string of the molecule is CC1(C)OB(c2ccc(-c3cnn(PI)c3)c3cn[nH]c23)OC1(C)C. The number of nitrogens with zero attached hydrogens (tertiary/aromatic N) is 3. The summed E-state index contributed by atoms with van der Waals surface area (Å²) in [5.41, 5.74) is 3.36. The summed E-state index contributed by atoms with van der Waals surface area (Å²) in [6.07, 6.45) is 6.38. The number of benzene rings is 1. The molecule has 1 saturated heterocycles. The molecule has 4 rings (SSSR count). The second kappa shape index (κ2) is 6.04. The highest BCUT2D eigenvalue weighted by atomic mass is 127. The van der Waals surface area contributed by atoms with Gasteiger partial charge in [0.05, 0.1) is 35.5 Å². The van der Waals surface area contributed by atoms with Gasteiger partial charge in [0.25, 0.3) is 0 Å². The maximum atomic E-state index is 6.21.